The molecule has 0 aliphatic heterocycles. The van der Waals surface area contributed by atoms with E-state index in [2.05, 4.69) is 15.4 Å². The number of pyridine rings is 1. The van der Waals surface area contributed by atoms with Crippen molar-refractivity contribution in [2.45, 2.75) is 57.5 Å². The maximum absolute atomic E-state index is 12.7. The average Bonchev–Trinajstić information content (AvgIpc) is 3.13. The smallest absolute Gasteiger partial charge is 0.252 e. The van der Waals surface area contributed by atoms with Crippen molar-refractivity contribution < 1.29 is 0 Å². The van der Waals surface area contributed by atoms with Crippen LogP contribution in [0.5, 0.6) is 0 Å². The highest BCUT2D eigenvalue weighted by Gasteiger charge is 2.24. The molecule has 1 N–H and O–H groups in total. The Kier molecular flexibility index (Phi) is 3.55. The van der Waals surface area contributed by atoms with Crippen LogP contribution in [0.1, 0.15) is 56.2 Å². The van der Waals surface area contributed by atoms with Crippen LogP contribution in [0.4, 0.5) is 11.8 Å². The molecule has 0 unspecified atom stereocenters. The maximum Gasteiger partial charge on any atom is 0.252 e. The lowest BCUT2D eigenvalue weighted by molar-refractivity contribution is 0.515. The maximum atomic E-state index is 12.7. The van der Waals surface area contributed by atoms with Crippen LogP contribution in [0.15, 0.2) is 29.3 Å². The van der Waals surface area contributed by atoms with Gasteiger partial charge in [0.2, 0.25) is 5.95 Å². The van der Waals surface area contributed by atoms with Gasteiger partial charge >= 0.3 is 0 Å². The molecule has 0 amide bonds. The van der Waals surface area contributed by atoms with Gasteiger partial charge in [0.15, 0.2) is 5.82 Å². The van der Waals surface area contributed by atoms with E-state index in [-0.39, 0.29) is 11.6 Å². The van der Waals surface area contributed by atoms with E-state index in [9.17, 15) is 4.79 Å². The largest absolute Gasteiger partial charge is 0.307 e. The molecule has 5 rings (SSSR count). The van der Waals surface area contributed by atoms with Gasteiger partial charge in [-0.3, -0.25) is 14.0 Å². The molecule has 134 valence electrons. The van der Waals surface area contributed by atoms with Crippen molar-refractivity contribution in [3.8, 4) is 0 Å². The molecule has 2 fully saturated rings. The summed E-state index contributed by atoms with van der Waals surface area (Å²) in [4.78, 5) is 21.8. The molecule has 2 saturated carbocycles. The van der Waals surface area contributed by atoms with E-state index < -0.39 is 0 Å². The van der Waals surface area contributed by atoms with Gasteiger partial charge in [-0.05, 0) is 38.2 Å². The number of fused-ring (bicyclic) bond motifs is 1. The summed E-state index contributed by atoms with van der Waals surface area (Å²) in [5, 5.41) is 8.66. The summed E-state index contributed by atoms with van der Waals surface area (Å²) in [6.07, 6.45) is 10.6. The summed E-state index contributed by atoms with van der Waals surface area (Å²) in [6.45, 7) is 1.94. The first-order valence-corrected chi connectivity index (χ1v) is 9.40. The summed E-state index contributed by atoms with van der Waals surface area (Å²) in [5.74, 6) is 1.22. The molecule has 0 bridgehead atoms. The Morgan fingerprint density at radius 2 is 1.96 bits per heavy atom. The van der Waals surface area contributed by atoms with Crippen LogP contribution >= 0.6 is 0 Å². The molecule has 26 heavy (non-hydrogen) atoms. The van der Waals surface area contributed by atoms with E-state index in [0.29, 0.717) is 12.0 Å². The van der Waals surface area contributed by atoms with E-state index in [4.69, 9.17) is 4.98 Å². The van der Waals surface area contributed by atoms with Gasteiger partial charge in [0, 0.05) is 36.0 Å². The van der Waals surface area contributed by atoms with Crippen molar-refractivity contribution in [2.24, 2.45) is 0 Å². The van der Waals surface area contributed by atoms with E-state index in [1.807, 2.05) is 34.6 Å². The van der Waals surface area contributed by atoms with Crippen molar-refractivity contribution in [3.63, 3.8) is 0 Å². The Morgan fingerprint density at radius 3 is 2.73 bits per heavy atom. The SMILES string of the molecule is Cc1cc(=O)n(C2CCCC2)c2nc(Nc3ccn(C4CC4)n3)ncc12. The zero-order chi connectivity index (χ0) is 17.7. The second-order valence-electron chi connectivity index (χ2n) is 7.44. The number of anilines is 2. The number of nitrogens with one attached hydrogen (secondary N) is 1. The molecule has 0 radical (unpaired) electrons. The van der Waals surface area contributed by atoms with Gasteiger partial charge in [-0.2, -0.15) is 10.1 Å². The molecule has 0 atom stereocenters. The topological polar surface area (TPSA) is 77.6 Å². The molecule has 0 aromatic carbocycles. The van der Waals surface area contributed by atoms with Gasteiger partial charge in [-0.25, -0.2) is 4.98 Å². The second-order valence-corrected chi connectivity index (χ2v) is 7.44. The predicted molar refractivity (Wildman–Crippen MR) is 99.8 cm³/mol. The first kappa shape index (κ1) is 15.5. The van der Waals surface area contributed by atoms with Gasteiger partial charge in [0.1, 0.15) is 5.65 Å². The Morgan fingerprint density at radius 1 is 1.15 bits per heavy atom. The summed E-state index contributed by atoms with van der Waals surface area (Å²) in [5.41, 5.74) is 1.68. The summed E-state index contributed by atoms with van der Waals surface area (Å²) < 4.78 is 3.85. The number of aryl methyl sites for hydroxylation is 1. The van der Waals surface area contributed by atoms with Crippen LogP contribution < -0.4 is 10.9 Å². The molecular formula is C19H22N6O. The van der Waals surface area contributed by atoms with E-state index in [1.54, 1.807) is 6.07 Å². The quantitative estimate of drug-likeness (QED) is 0.779. The van der Waals surface area contributed by atoms with Gasteiger partial charge in [0.25, 0.3) is 5.56 Å². The number of aromatic nitrogens is 5. The number of hydrogen-bond donors (Lipinski definition) is 1. The van der Waals surface area contributed by atoms with Crippen LogP contribution in [-0.4, -0.2) is 24.3 Å². The molecule has 3 heterocycles. The predicted octanol–water partition coefficient (Wildman–Crippen LogP) is 3.49. The molecule has 2 aliphatic rings. The summed E-state index contributed by atoms with van der Waals surface area (Å²) >= 11 is 0. The highest BCUT2D eigenvalue weighted by Crippen LogP contribution is 2.34. The summed E-state index contributed by atoms with van der Waals surface area (Å²) in [6, 6.07) is 4.42. The molecule has 3 aromatic rings. The first-order chi connectivity index (χ1) is 12.7. The van der Waals surface area contributed by atoms with Crippen LogP contribution in [0, 0.1) is 6.92 Å². The Hall–Kier alpha value is -2.70. The highest BCUT2D eigenvalue weighted by atomic mass is 16.1. The molecular weight excluding hydrogens is 328 g/mol. The normalized spacial score (nSPS) is 17.9. The van der Waals surface area contributed by atoms with E-state index >= 15 is 0 Å². The Balaban J connectivity index is 1.56. The third kappa shape index (κ3) is 2.67. The fourth-order valence-electron chi connectivity index (χ4n) is 3.91. The molecule has 0 saturated heterocycles. The average molecular weight is 350 g/mol. The third-order valence-electron chi connectivity index (χ3n) is 5.46. The minimum atomic E-state index is 0.0320. The first-order valence-electron chi connectivity index (χ1n) is 9.40. The van der Waals surface area contributed by atoms with Crippen molar-refractivity contribution in [3.05, 3.63) is 40.4 Å². The Labute approximate surface area is 151 Å². The third-order valence-corrected chi connectivity index (χ3v) is 5.46. The number of rotatable bonds is 4. The lowest BCUT2D eigenvalue weighted by atomic mass is 10.1. The molecule has 7 nitrogen and oxygen atoms in total. The standard InChI is InChI=1S/C19H22N6O/c1-12-10-17(26)25(14-4-2-3-5-14)18-15(12)11-20-19(22-18)21-16-8-9-24(23-16)13-6-7-13/h8-11,13-14H,2-7H2,1H3,(H,20,21,22,23). The number of hydrogen-bond acceptors (Lipinski definition) is 5. The molecule has 2 aliphatic carbocycles. The van der Waals surface area contributed by atoms with Crippen LogP contribution in [0.2, 0.25) is 0 Å². The molecule has 3 aromatic heterocycles. The lowest BCUT2D eigenvalue weighted by Crippen LogP contribution is -2.24. The van der Waals surface area contributed by atoms with E-state index in [1.165, 1.54) is 25.7 Å². The lowest BCUT2D eigenvalue weighted by Gasteiger charge is -2.17. The van der Waals surface area contributed by atoms with Crippen molar-refractivity contribution in [1.29, 1.82) is 0 Å². The van der Waals surface area contributed by atoms with Crippen molar-refractivity contribution in [2.75, 3.05) is 5.32 Å². The van der Waals surface area contributed by atoms with Gasteiger partial charge < -0.3 is 5.32 Å². The minimum Gasteiger partial charge on any atom is -0.307 e. The second kappa shape index (κ2) is 5.93. The van der Waals surface area contributed by atoms with Gasteiger partial charge in [-0.15, -0.1) is 0 Å². The van der Waals surface area contributed by atoms with Crippen LogP contribution in [-0.2, 0) is 0 Å². The van der Waals surface area contributed by atoms with Crippen molar-refractivity contribution in [1.82, 2.24) is 24.3 Å². The number of nitrogens with zero attached hydrogens (tertiary/aromatic N) is 5. The van der Waals surface area contributed by atoms with Crippen LogP contribution in [0.25, 0.3) is 11.0 Å². The zero-order valence-corrected chi connectivity index (χ0v) is 14.9. The van der Waals surface area contributed by atoms with Crippen molar-refractivity contribution >= 4 is 22.8 Å². The monoisotopic (exact) mass is 350 g/mol. The fraction of sp³-hybridized carbons (Fsp3) is 0.474. The van der Waals surface area contributed by atoms with Gasteiger partial charge in [-0.1, -0.05) is 12.8 Å². The zero-order valence-electron chi connectivity index (χ0n) is 14.9. The van der Waals surface area contributed by atoms with Gasteiger partial charge in [0.05, 0.1) is 6.04 Å². The van der Waals surface area contributed by atoms with E-state index in [0.717, 1.165) is 35.3 Å². The van der Waals surface area contributed by atoms with Crippen LogP contribution in [0.3, 0.4) is 0 Å². The minimum absolute atomic E-state index is 0.0320. The highest BCUT2D eigenvalue weighted by molar-refractivity contribution is 5.79. The molecule has 7 heteroatoms. The Bertz CT molecular complexity index is 1030. The fourth-order valence-corrected chi connectivity index (χ4v) is 3.91. The summed E-state index contributed by atoms with van der Waals surface area (Å²) in [7, 11) is 0. The molecule has 0 spiro atoms.